The number of carbonyl (C=O) groups excluding carboxylic acids is 2. The van der Waals surface area contributed by atoms with Crippen LogP contribution in [0.3, 0.4) is 0 Å². The Morgan fingerprint density at radius 1 is 0.914 bits per heavy atom. The molecular weight excluding hydrogens is 444 g/mol. The summed E-state index contributed by atoms with van der Waals surface area (Å²) in [5, 5.41) is 14.3. The first kappa shape index (κ1) is 24.0. The lowest BCUT2D eigenvalue weighted by molar-refractivity contribution is -0.137. The molecule has 7 heteroatoms. The normalized spacial score (nSPS) is 12.8. The van der Waals surface area contributed by atoms with Crippen molar-refractivity contribution in [3.63, 3.8) is 0 Å². The van der Waals surface area contributed by atoms with Crippen molar-refractivity contribution >= 4 is 18.0 Å². The van der Waals surface area contributed by atoms with Gasteiger partial charge >= 0.3 is 12.1 Å². The van der Waals surface area contributed by atoms with Crippen LogP contribution in [-0.2, 0) is 16.0 Å². The van der Waals surface area contributed by atoms with Crippen LogP contribution in [0.1, 0.15) is 46.3 Å². The average Bonchev–Trinajstić information content (AvgIpc) is 3.16. The van der Waals surface area contributed by atoms with E-state index in [0.29, 0.717) is 18.5 Å². The quantitative estimate of drug-likeness (QED) is 0.429. The fraction of sp³-hybridized carbons (Fsp3) is 0.250. The molecule has 1 aliphatic carbocycles. The van der Waals surface area contributed by atoms with Crippen molar-refractivity contribution in [2.45, 2.75) is 31.7 Å². The Morgan fingerprint density at radius 3 is 2.11 bits per heavy atom. The molecule has 35 heavy (non-hydrogen) atoms. The lowest BCUT2D eigenvalue weighted by Crippen LogP contribution is -2.34. The number of aliphatic carboxylic acids is 1. The van der Waals surface area contributed by atoms with E-state index in [9.17, 15) is 14.4 Å². The minimum absolute atomic E-state index is 0.0186. The van der Waals surface area contributed by atoms with Crippen LogP contribution in [0.15, 0.2) is 72.8 Å². The molecule has 0 bridgehead atoms. The van der Waals surface area contributed by atoms with Crippen molar-refractivity contribution in [2.75, 3.05) is 13.2 Å². The highest BCUT2D eigenvalue weighted by atomic mass is 16.5. The molecule has 0 fully saturated rings. The van der Waals surface area contributed by atoms with Gasteiger partial charge in [-0.25, -0.2) is 4.79 Å². The Labute approximate surface area is 204 Å². The summed E-state index contributed by atoms with van der Waals surface area (Å²) < 4.78 is 5.55. The zero-order valence-electron chi connectivity index (χ0n) is 19.5. The van der Waals surface area contributed by atoms with Crippen molar-refractivity contribution in [2.24, 2.45) is 0 Å². The summed E-state index contributed by atoms with van der Waals surface area (Å²) in [4.78, 5) is 35.3. The summed E-state index contributed by atoms with van der Waals surface area (Å²) in [5.41, 5.74) is 6.12. The van der Waals surface area contributed by atoms with Gasteiger partial charge in [0.05, 0.1) is 6.42 Å². The Kier molecular flexibility index (Phi) is 7.45. The number of fused-ring (bicyclic) bond motifs is 3. The van der Waals surface area contributed by atoms with Gasteiger partial charge in [-0.2, -0.15) is 0 Å². The molecular formula is C28H28N2O5. The standard InChI is InChI=1S/C28H28N2O5/c1-18(16-26(31)32)30-27(33)20-12-10-19(11-13-20)14-15-29-28(34)35-17-25-23-8-4-2-6-21(23)22-7-3-5-9-24(22)25/h2-13,18,25H,14-17H2,1H3,(H,29,34)(H,30,33)(H,31,32)/t18-/m1/s1. The van der Waals surface area contributed by atoms with Crippen molar-refractivity contribution in [3.05, 3.63) is 95.1 Å². The molecule has 2 amide bonds. The van der Waals surface area contributed by atoms with E-state index in [0.717, 1.165) is 5.56 Å². The van der Waals surface area contributed by atoms with Crippen molar-refractivity contribution in [1.29, 1.82) is 0 Å². The van der Waals surface area contributed by atoms with Crippen LogP contribution in [0.2, 0.25) is 0 Å². The van der Waals surface area contributed by atoms with Gasteiger partial charge < -0.3 is 20.5 Å². The highest BCUT2D eigenvalue weighted by molar-refractivity contribution is 5.94. The van der Waals surface area contributed by atoms with Gasteiger partial charge in [-0.3, -0.25) is 9.59 Å². The summed E-state index contributed by atoms with van der Waals surface area (Å²) in [5.74, 6) is -1.26. The third kappa shape index (κ3) is 5.87. The first-order chi connectivity index (χ1) is 16.9. The van der Waals surface area contributed by atoms with Gasteiger partial charge in [-0.15, -0.1) is 0 Å². The fourth-order valence-corrected chi connectivity index (χ4v) is 4.40. The number of nitrogens with one attached hydrogen (secondary N) is 2. The zero-order valence-corrected chi connectivity index (χ0v) is 19.5. The van der Waals surface area contributed by atoms with E-state index in [4.69, 9.17) is 9.84 Å². The van der Waals surface area contributed by atoms with E-state index >= 15 is 0 Å². The average molecular weight is 473 g/mol. The van der Waals surface area contributed by atoms with Gasteiger partial charge in [-0.1, -0.05) is 60.7 Å². The Hall–Kier alpha value is -4.13. The molecule has 0 saturated heterocycles. The monoisotopic (exact) mass is 472 g/mol. The van der Waals surface area contributed by atoms with Crippen LogP contribution in [-0.4, -0.2) is 42.3 Å². The minimum Gasteiger partial charge on any atom is -0.481 e. The van der Waals surface area contributed by atoms with Gasteiger partial charge in [0, 0.05) is 24.1 Å². The largest absolute Gasteiger partial charge is 0.481 e. The topological polar surface area (TPSA) is 105 Å². The summed E-state index contributed by atoms with van der Waals surface area (Å²) in [7, 11) is 0. The van der Waals surface area contributed by atoms with Gasteiger partial charge in [0.15, 0.2) is 0 Å². The van der Waals surface area contributed by atoms with Crippen LogP contribution in [0.4, 0.5) is 4.79 Å². The molecule has 0 unspecified atom stereocenters. The molecule has 0 spiro atoms. The summed E-state index contributed by atoms with van der Waals surface area (Å²) in [6.07, 6.45) is -0.0114. The maximum atomic E-state index is 12.3. The molecule has 0 radical (unpaired) electrons. The summed E-state index contributed by atoms with van der Waals surface area (Å²) in [6, 6.07) is 22.9. The van der Waals surface area contributed by atoms with Gasteiger partial charge in [0.2, 0.25) is 0 Å². The number of rotatable bonds is 9. The van der Waals surface area contributed by atoms with Crippen LogP contribution in [0.25, 0.3) is 11.1 Å². The number of carboxylic acids is 1. The molecule has 0 saturated carbocycles. The van der Waals surface area contributed by atoms with E-state index in [-0.39, 0.29) is 24.9 Å². The molecule has 3 aromatic carbocycles. The summed E-state index contributed by atoms with van der Waals surface area (Å²) in [6.45, 7) is 2.32. The molecule has 180 valence electrons. The smallest absolute Gasteiger partial charge is 0.407 e. The molecule has 3 N–H and O–H groups in total. The number of alkyl carbamates (subject to hydrolysis) is 1. The number of amides is 2. The Bertz CT molecular complexity index is 1180. The Balaban J connectivity index is 1.24. The van der Waals surface area contributed by atoms with E-state index in [2.05, 4.69) is 34.9 Å². The predicted octanol–water partition coefficient (Wildman–Crippen LogP) is 4.36. The summed E-state index contributed by atoms with van der Waals surface area (Å²) >= 11 is 0. The first-order valence-electron chi connectivity index (χ1n) is 11.6. The van der Waals surface area contributed by atoms with Crippen LogP contribution < -0.4 is 10.6 Å². The second-order valence-corrected chi connectivity index (χ2v) is 8.67. The number of hydrogen-bond donors (Lipinski definition) is 3. The van der Waals surface area contributed by atoms with E-state index in [1.807, 2.05) is 36.4 Å². The second kappa shape index (κ2) is 10.9. The Morgan fingerprint density at radius 2 is 1.51 bits per heavy atom. The number of carbonyl (C=O) groups is 3. The van der Waals surface area contributed by atoms with Crippen LogP contribution in [0, 0.1) is 0 Å². The van der Waals surface area contributed by atoms with Crippen LogP contribution in [0.5, 0.6) is 0 Å². The van der Waals surface area contributed by atoms with E-state index < -0.39 is 18.1 Å². The van der Waals surface area contributed by atoms with Gasteiger partial charge in [0.1, 0.15) is 6.61 Å². The molecule has 1 aliphatic rings. The van der Waals surface area contributed by atoms with Gasteiger partial charge in [-0.05, 0) is 53.3 Å². The SMILES string of the molecule is C[C@H](CC(=O)O)NC(=O)c1ccc(CCNC(=O)OCC2c3ccccc3-c3ccccc32)cc1. The highest BCUT2D eigenvalue weighted by Crippen LogP contribution is 2.44. The van der Waals surface area contributed by atoms with E-state index in [1.165, 1.54) is 22.3 Å². The third-order valence-corrected chi connectivity index (χ3v) is 6.10. The van der Waals surface area contributed by atoms with Crippen molar-refractivity contribution in [3.8, 4) is 11.1 Å². The predicted molar refractivity (Wildman–Crippen MR) is 132 cm³/mol. The maximum Gasteiger partial charge on any atom is 0.407 e. The fourth-order valence-electron chi connectivity index (χ4n) is 4.40. The molecule has 0 aliphatic heterocycles. The minimum atomic E-state index is -0.961. The van der Waals surface area contributed by atoms with Gasteiger partial charge in [0.25, 0.3) is 5.91 Å². The maximum absolute atomic E-state index is 12.3. The number of hydrogen-bond acceptors (Lipinski definition) is 4. The molecule has 3 aromatic rings. The second-order valence-electron chi connectivity index (χ2n) is 8.67. The van der Waals surface area contributed by atoms with Crippen molar-refractivity contribution in [1.82, 2.24) is 10.6 Å². The lowest BCUT2D eigenvalue weighted by atomic mass is 9.98. The van der Waals surface area contributed by atoms with Crippen LogP contribution >= 0.6 is 0 Å². The number of carboxylic acid groups (broad SMARTS) is 1. The molecule has 0 aromatic heterocycles. The molecule has 1 atom stereocenters. The highest BCUT2D eigenvalue weighted by Gasteiger charge is 2.28. The van der Waals surface area contributed by atoms with E-state index in [1.54, 1.807) is 19.1 Å². The molecule has 4 rings (SSSR count). The molecule has 0 heterocycles. The number of ether oxygens (including phenoxy) is 1. The first-order valence-corrected chi connectivity index (χ1v) is 11.6. The van der Waals surface area contributed by atoms with Crippen molar-refractivity contribution < 1.29 is 24.2 Å². The third-order valence-electron chi connectivity index (χ3n) is 6.10. The lowest BCUT2D eigenvalue weighted by Gasteiger charge is -2.14. The number of benzene rings is 3. The zero-order chi connectivity index (χ0) is 24.8. The molecule has 7 nitrogen and oxygen atoms in total.